The quantitative estimate of drug-likeness (QED) is 0.776. The monoisotopic (exact) mass is 289 g/mol. The highest BCUT2D eigenvalue weighted by molar-refractivity contribution is 5.90. The van der Waals surface area contributed by atoms with Gasteiger partial charge in [-0.15, -0.1) is 0 Å². The van der Waals surface area contributed by atoms with E-state index in [9.17, 15) is 13.6 Å². The number of H-pyrrole nitrogens is 1. The van der Waals surface area contributed by atoms with E-state index in [4.69, 9.17) is 5.11 Å². The molecule has 0 fully saturated rings. The number of nitrogens with one attached hydrogen (secondary N) is 1. The molecule has 7 heteroatoms. The van der Waals surface area contributed by atoms with E-state index in [-0.39, 0.29) is 12.0 Å². The van der Waals surface area contributed by atoms with Crippen molar-refractivity contribution in [3.8, 4) is 0 Å². The predicted molar refractivity (Wildman–Crippen MR) is 70.0 cm³/mol. The van der Waals surface area contributed by atoms with Crippen molar-refractivity contribution in [2.45, 2.75) is 6.42 Å². The molecule has 0 aliphatic carbocycles. The predicted octanol–water partition coefficient (Wildman–Crippen LogP) is 2.53. The number of aromatic carboxylic acids is 1. The van der Waals surface area contributed by atoms with Crippen molar-refractivity contribution in [1.29, 1.82) is 0 Å². The summed E-state index contributed by atoms with van der Waals surface area (Å²) in [5, 5.41) is 8.89. The van der Waals surface area contributed by atoms with Crippen LogP contribution in [0.2, 0.25) is 0 Å². The fourth-order valence-electron chi connectivity index (χ4n) is 1.99. The highest BCUT2D eigenvalue weighted by Gasteiger charge is 2.10. The van der Waals surface area contributed by atoms with Crippen LogP contribution in [-0.2, 0) is 6.42 Å². The Morgan fingerprint density at radius 1 is 1.24 bits per heavy atom. The van der Waals surface area contributed by atoms with Gasteiger partial charge in [-0.2, -0.15) is 0 Å². The summed E-state index contributed by atoms with van der Waals surface area (Å²) in [6.07, 6.45) is 1.48. The molecule has 3 rings (SSSR count). The zero-order valence-corrected chi connectivity index (χ0v) is 10.6. The van der Waals surface area contributed by atoms with Crippen LogP contribution in [0.4, 0.5) is 8.78 Å². The van der Waals surface area contributed by atoms with E-state index >= 15 is 0 Å². The number of halogens is 2. The Morgan fingerprint density at radius 2 is 2.05 bits per heavy atom. The second-order valence-corrected chi connectivity index (χ2v) is 4.51. The van der Waals surface area contributed by atoms with Crippen LogP contribution < -0.4 is 0 Å². The maximum Gasteiger partial charge on any atom is 0.337 e. The highest BCUT2D eigenvalue weighted by atomic mass is 19.2. The number of aromatic amines is 1. The van der Waals surface area contributed by atoms with Crippen molar-refractivity contribution in [1.82, 2.24) is 15.0 Å². The second-order valence-electron chi connectivity index (χ2n) is 4.51. The molecule has 0 radical (unpaired) electrons. The van der Waals surface area contributed by atoms with Crippen LogP contribution in [0.1, 0.15) is 21.7 Å². The molecule has 0 atom stereocenters. The lowest BCUT2D eigenvalue weighted by atomic mass is 10.1. The molecular formula is C14H9F2N3O2. The molecule has 5 nitrogen and oxygen atoms in total. The lowest BCUT2D eigenvalue weighted by molar-refractivity contribution is 0.0696. The molecule has 0 amide bonds. The minimum absolute atomic E-state index is 0.0468. The lowest BCUT2D eigenvalue weighted by Crippen LogP contribution is -1.96. The molecule has 106 valence electrons. The Balaban J connectivity index is 1.93. The van der Waals surface area contributed by atoms with Crippen LogP contribution >= 0.6 is 0 Å². The van der Waals surface area contributed by atoms with Gasteiger partial charge in [0.15, 0.2) is 17.3 Å². The molecule has 0 bridgehead atoms. The van der Waals surface area contributed by atoms with Gasteiger partial charge in [0.25, 0.3) is 0 Å². The minimum Gasteiger partial charge on any atom is -0.478 e. The molecule has 0 saturated heterocycles. The summed E-state index contributed by atoms with van der Waals surface area (Å²) in [5.74, 6) is -2.42. The Bertz CT molecular complexity index is 845. The number of carboxylic acids is 1. The van der Waals surface area contributed by atoms with E-state index in [2.05, 4.69) is 15.0 Å². The number of carboxylic acid groups (broad SMARTS) is 1. The van der Waals surface area contributed by atoms with Gasteiger partial charge in [0.1, 0.15) is 5.82 Å². The molecule has 2 heterocycles. The van der Waals surface area contributed by atoms with Crippen LogP contribution in [0.15, 0.2) is 30.5 Å². The van der Waals surface area contributed by atoms with Crippen molar-refractivity contribution in [3.63, 3.8) is 0 Å². The Labute approximate surface area is 117 Å². The van der Waals surface area contributed by atoms with E-state index in [1.165, 1.54) is 18.3 Å². The van der Waals surface area contributed by atoms with E-state index in [1.807, 2.05) is 0 Å². The summed E-state index contributed by atoms with van der Waals surface area (Å²) in [4.78, 5) is 21.9. The van der Waals surface area contributed by atoms with Gasteiger partial charge < -0.3 is 10.1 Å². The van der Waals surface area contributed by atoms with E-state index in [1.54, 1.807) is 0 Å². The van der Waals surface area contributed by atoms with Crippen molar-refractivity contribution in [2.75, 3.05) is 0 Å². The Morgan fingerprint density at radius 3 is 2.76 bits per heavy atom. The van der Waals surface area contributed by atoms with Gasteiger partial charge in [-0.25, -0.2) is 23.5 Å². The van der Waals surface area contributed by atoms with Crippen molar-refractivity contribution >= 4 is 17.1 Å². The van der Waals surface area contributed by atoms with Crippen LogP contribution in [0.25, 0.3) is 11.2 Å². The first-order valence-electron chi connectivity index (χ1n) is 6.05. The van der Waals surface area contributed by atoms with Crippen molar-refractivity contribution in [2.24, 2.45) is 0 Å². The molecule has 0 spiro atoms. The molecule has 0 aliphatic rings. The number of nitrogens with zero attached hydrogens (tertiary/aromatic N) is 2. The summed E-state index contributed by atoms with van der Waals surface area (Å²) in [7, 11) is 0. The summed E-state index contributed by atoms with van der Waals surface area (Å²) in [5.41, 5.74) is 1.45. The molecule has 1 aromatic carbocycles. The van der Waals surface area contributed by atoms with Crippen LogP contribution in [0.5, 0.6) is 0 Å². The van der Waals surface area contributed by atoms with Crippen LogP contribution in [0.3, 0.4) is 0 Å². The Kier molecular flexibility index (Phi) is 3.09. The van der Waals surface area contributed by atoms with Crippen molar-refractivity contribution < 1.29 is 18.7 Å². The standard InChI is InChI=1S/C14H9F2N3O2/c15-9-2-1-7(3-10(9)16)4-12-18-11-5-8(14(20)21)6-17-13(11)19-12/h1-3,5-6H,4H2,(H,20,21)(H,17,18,19). The minimum atomic E-state index is -1.08. The SMILES string of the molecule is O=C(O)c1cnc2nc(Cc3ccc(F)c(F)c3)[nH]c2c1. The normalized spacial score (nSPS) is 11.0. The maximum absolute atomic E-state index is 13.1. The average molecular weight is 289 g/mol. The molecular weight excluding hydrogens is 280 g/mol. The molecule has 2 N–H and O–H groups in total. The largest absolute Gasteiger partial charge is 0.478 e. The van der Waals surface area contributed by atoms with E-state index in [0.29, 0.717) is 22.6 Å². The second kappa shape index (κ2) is 4.93. The van der Waals surface area contributed by atoms with Gasteiger partial charge in [-0.05, 0) is 23.8 Å². The smallest absolute Gasteiger partial charge is 0.337 e. The molecule has 0 unspecified atom stereocenters. The number of fused-ring (bicyclic) bond motifs is 1. The molecule has 2 aromatic heterocycles. The number of rotatable bonds is 3. The van der Waals surface area contributed by atoms with E-state index in [0.717, 1.165) is 12.1 Å². The molecule has 3 aromatic rings. The number of hydrogen-bond acceptors (Lipinski definition) is 3. The number of aromatic nitrogens is 3. The molecule has 0 aliphatic heterocycles. The fraction of sp³-hybridized carbons (Fsp3) is 0.0714. The maximum atomic E-state index is 13.1. The van der Waals surface area contributed by atoms with Gasteiger partial charge >= 0.3 is 5.97 Å². The van der Waals surface area contributed by atoms with Crippen molar-refractivity contribution in [3.05, 3.63) is 59.0 Å². The lowest BCUT2D eigenvalue weighted by Gasteiger charge is -1.99. The summed E-state index contributed by atoms with van der Waals surface area (Å²) >= 11 is 0. The fourth-order valence-corrected chi connectivity index (χ4v) is 1.99. The zero-order chi connectivity index (χ0) is 15.0. The number of benzene rings is 1. The summed E-state index contributed by atoms with van der Waals surface area (Å²) in [6.45, 7) is 0. The number of hydrogen-bond donors (Lipinski definition) is 2. The van der Waals surface area contributed by atoms with Gasteiger partial charge in [0, 0.05) is 12.6 Å². The van der Waals surface area contributed by atoms with Crippen LogP contribution in [0, 0.1) is 11.6 Å². The molecule has 0 saturated carbocycles. The number of pyridine rings is 1. The first-order chi connectivity index (χ1) is 10.0. The first kappa shape index (κ1) is 13.2. The first-order valence-corrected chi connectivity index (χ1v) is 6.05. The number of carbonyl (C=O) groups is 1. The van der Waals surface area contributed by atoms with Gasteiger partial charge in [0.05, 0.1) is 11.1 Å². The topological polar surface area (TPSA) is 78.9 Å². The summed E-state index contributed by atoms with van der Waals surface area (Å²) in [6, 6.07) is 5.03. The molecule has 21 heavy (non-hydrogen) atoms. The third-order valence-electron chi connectivity index (χ3n) is 2.99. The van der Waals surface area contributed by atoms with Gasteiger partial charge in [-0.3, -0.25) is 0 Å². The average Bonchev–Trinajstić information content (AvgIpc) is 2.84. The number of imidazole rings is 1. The van der Waals surface area contributed by atoms with Gasteiger partial charge in [-0.1, -0.05) is 6.07 Å². The Hall–Kier alpha value is -2.83. The van der Waals surface area contributed by atoms with E-state index < -0.39 is 17.6 Å². The zero-order valence-electron chi connectivity index (χ0n) is 10.6. The van der Waals surface area contributed by atoms with Gasteiger partial charge in [0.2, 0.25) is 0 Å². The van der Waals surface area contributed by atoms with Crippen LogP contribution in [-0.4, -0.2) is 26.0 Å². The third kappa shape index (κ3) is 2.58. The third-order valence-corrected chi connectivity index (χ3v) is 2.99. The summed E-state index contributed by atoms with van der Waals surface area (Å²) < 4.78 is 26.0. The highest BCUT2D eigenvalue weighted by Crippen LogP contribution is 2.15.